The average molecular weight is 367 g/mol. The van der Waals surface area contributed by atoms with E-state index in [0.717, 1.165) is 35.5 Å². The summed E-state index contributed by atoms with van der Waals surface area (Å²) in [7, 11) is 1.61. The van der Waals surface area contributed by atoms with E-state index in [1.54, 1.807) is 7.11 Å². The van der Waals surface area contributed by atoms with Crippen molar-refractivity contribution in [1.29, 1.82) is 0 Å². The number of amides is 1. The van der Waals surface area contributed by atoms with Crippen molar-refractivity contribution in [2.75, 3.05) is 20.3 Å². The highest BCUT2D eigenvalue weighted by Crippen LogP contribution is 2.22. The van der Waals surface area contributed by atoms with Crippen molar-refractivity contribution in [2.45, 2.75) is 25.4 Å². The van der Waals surface area contributed by atoms with Crippen LogP contribution in [0.25, 0.3) is 0 Å². The van der Waals surface area contributed by atoms with Gasteiger partial charge in [-0.25, -0.2) is 0 Å². The molecule has 1 aromatic heterocycles. The fourth-order valence-electron chi connectivity index (χ4n) is 2.93. The summed E-state index contributed by atoms with van der Waals surface area (Å²) in [5.41, 5.74) is 3.28. The Bertz CT molecular complexity index is 702. The van der Waals surface area contributed by atoms with Gasteiger partial charge >= 0.3 is 0 Å². The lowest BCUT2D eigenvalue weighted by Gasteiger charge is -2.19. The van der Waals surface area contributed by atoms with Crippen LogP contribution in [0.5, 0.6) is 5.75 Å². The summed E-state index contributed by atoms with van der Waals surface area (Å²) in [6, 6.07) is 7.18. The Kier molecular flexibility index (Phi) is 6.81. The lowest BCUT2D eigenvalue weighted by molar-refractivity contribution is 0.0923. The Labute approximate surface area is 152 Å². The highest BCUT2D eigenvalue weighted by atomic mass is 35.5. The first-order chi connectivity index (χ1) is 11.7. The Balaban J connectivity index is 0.00000225. The van der Waals surface area contributed by atoms with Gasteiger partial charge in [0.15, 0.2) is 5.69 Å². The molecule has 4 N–H and O–H groups in total. The number of nitrogens with one attached hydrogen (secondary N) is 3. The fraction of sp³-hybridized carbons (Fsp3) is 0.412. The number of methoxy groups -OCH3 is 1. The summed E-state index contributed by atoms with van der Waals surface area (Å²) in [4.78, 5) is 12.6. The number of aromatic nitrogens is 2. The molecule has 0 fully saturated rings. The van der Waals surface area contributed by atoms with E-state index in [1.165, 1.54) is 0 Å². The highest BCUT2D eigenvalue weighted by molar-refractivity contribution is 5.94. The zero-order valence-corrected chi connectivity index (χ0v) is 14.9. The molecular weight excluding hydrogens is 344 g/mol. The molecular formula is C17H23ClN4O3. The Morgan fingerprint density at radius 1 is 1.40 bits per heavy atom. The van der Waals surface area contributed by atoms with Crippen LogP contribution >= 0.6 is 12.4 Å². The molecule has 1 aliphatic heterocycles. The molecule has 3 rings (SSSR count). The Morgan fingerprint density at radius 3 is 2.84 bits per heavy atom. The minimum atomic E-state index is -0.280. The topological polar surface area (TPSA) is 99.3 Å². The van der Waals surface area contributed by atoms with Crippen molar-refractivity contribution in [3.63, 3.8) is 0 Å². The lowest BCUT2D eigenvalue weighted by Crippen LogP contribution is -2.31. The van der Waals surface area contributed by atoms with Gasteiger partial charge in [-0.3, -0.25) is 9.89 Å². The van der Waals surface area contributed by atoms with Crippen molar-refractivity contribution in [2.24, 2.45) is 0 Å². The predicted molar refractivity (Wildman–Crippen MR) is 96.2 cm³/mol. The van der Waals surface area contributed by atoms with E-state index in [4.69, 9.17) is 4.74 Å². The lowest BCUT2D eigenvalue weighted by atomic mass is 10.0. The molecule has 0 spiro atoms. The third kappa shape index (κ3) is 4.31. The molecule has 136 valence electrons. The molecule has 25 heavy (non-hydrogen) atoms. The number of aliphatic hydroxyl groups excluding tert-OH is 1. The second-order valence-electron chi connectivity index (χ2n) is 5.77. The number of halogens is 1. The predicted octanol–water partition coefficient (Wildman–Crippen LogP) is 1.34. The third-order valence-corrected chi connectivity index (χ3v) is 4.26. The number of fused-ring (bicyclic) bond motifs is 1. The largest absolute Gasteiger partial charge is 0.497 e. The highest BCUT2D eigenvalue weighted by Gasteiger charge is 2.23. The first kappa shape index (κ1) is 19.2. The van der Waals surface area contributed by atoms with E-state index in [-0.39, 0.29) is 31.0 Å². The van der Waals surface area contributed by atoms with Gasteiger partial charge in [0, 0.05) is 37.4 Å². The molecule has 1 unspecified atom stereocenters. The summed E-state index contributed by atoms with van der Waals surface area (Å²) < 4.78 is 5.15. The van der Waals surface area contributed by atoms with Gasteiger partial charge in [0.25, 0.3) is 5.91 Å². The van der Waals surface area contributed by atoms with Crippen LogP contribution in [0.15, 0.2) is 24.3 Å². The van der Waals surface area contributed by atoms with Gasteiger partial charge in [-0.1, -0.05) is 12.1 Å². The summed E-state index contributed by atoms with van der Waals surface area (Å²) in [6.45, 7) is 1.51. The van der Waals surface area contributed by atoms with Gasteiger partial charge in [0.05, 0.1) is 13.2 Å². The van der Waals surface area contributed by atoms with Crippen LogP contribution in [0.4, 0.5) is 0 Å². The monoisotopic (exact) mass is 366 g/mol. The summed E-state index contributed by atoms with van der Waals surface area (Å²) in [6.07, 6.45) is 1.27. The number of aliphatic hydroxyl groups is 1. The van der Waals surface area contributed by atoms with Crippen LogP contribution in [0, 0.1) is 0 Å². The van der Waals surface area contributed by atoms with Crippen LogP contribution in [-0.4, -0.2) is 41.5 Å². The van der Waals surface area contributed by atoms with Gasteiger partial charge < -0.3 is 20.5 Å². The second-order valence-corrected chi connectivity index (χ2v) is 5.77. The van der Waals surface area contributed by atoms with E-state index in [0.29, 0.717) is 18.7 Å². The zero-order chi connectivity index (χ0) is 16.9. The maximum absolute atomic E-state index is 12.6. The number of ether oxygens (including phenoxy) is 1. The number of H-pyrrole nitrogens is 1. The van der Waals surface area contributed by atoms with Crippen LogP contribution in [0.2, 0.25) is 0 Å². The Hall–Kier alpha value is -2.09. The van der Waals surface area contributed by atoms with E-state index in [9.17, 15) is 9.90 Å². The van der Waals surface area contributed by atoms with Crippen molar-refractivity contribution in [1.82, 2.24) is 20.8 Å². The van der Waals surface area contributed by atoms with Crippen LogP contribution in [0.3, 0.4) is 0 Å². The first-order valence-corrected chi connectivity index (χ1v) is 8.05. The number of hydrogen-bond acceptors (Lipinski definition) is 5. The van der Waals surface area contributed by atoms with Gasteiger partial charge in [-0.15, -0.1) is 12.4 Å². The molecule has 0 bridgehead atoms. The van der Waals surface area contributed by atoms with Gasteiger partial charge in [0.2, 0.25) is 0 Å². The smallest absolute Gasteiger partial charge is 0.272 e. The normalized spacial score (nSPS) is 14.2. The molecule has 8 heteroatoms. The van der Waals surface area contributed by atoms with E-state index in [2.05, 4.69) is 20.8 Å². The maximum atomic E-state index is 12.6. The molecule has 0 radical (unpaired) electrons. The number of nitrogens with zero attached hydrogens (tertiary/aromatic N) is 1. The standard InChI is InChI=1S/C17H22N4O3.ClH/c1-24-12-4-2-11(3-5-12)14(7-9-22)19-17(23)16-13-10-18-8-6-15(13)20-21-16;/h2-5,14,18,22H,6-10H2,1H3,(H,19,23)(H,20,21);1H. The van der Waals surface area contributed by atoms with Crippen LogP contribution < -0.4 is 15.4 Å². The Morgan fingerprint density at radius 2 is 2.16 bits per heavy atom. The molecule has 1 aromatic carbocycles. The number of aromatic amines is 1. The van der Waals surface area contributed by atoms with Crippen LogP contribution in [-0.2, 0) is 13.0 Å². The molecule has 0 aliphatic carbocycles. The molecule has 7 nitrogen and oxygen atoms in total. The van der Waals surface area contributed by atoms with Gasteiger partial charge in [0.1, 0.15) is 5.75 Å². The van der Waals surface area contributed by atoms with Crippen molar-refractivity contribution in [3.05, 3.63) is 46.8 Å². The molecule has 1 amide bonds. The molecule has 1 atom stereocenters. The van der Waals surface area contributed by atoms with E-state index in [1.807, 2.05) is 24.3 Å². The van der Waals surface area contributed by atoms with Gasteiger partial charge in [-0.2, -0.15) is 5.10 Å². The molecule has 0 saturated heterocycles. The summed E-state index contributed by atoms with van der Waals surface area (Å²) >= 11 is 0. The molecule has 2 aromatic rings. The number of carbonyl (C=O) groups is 1. The molecule has 1 aliphatic rings. The van der Waals surface area contributed by atoms with E-state index < -0.39 is 0 Å². The minimum Gasteiger partial charge on any atom is -0.497 e. The van der Waals surface area contributed by atoms with Crippen LogP contribution in [0.1, 0.15) is 39.8 Å². The van der Waals surface area contributed by atoms with Gasteiger partial charge in [-0.05, 0) is 24.1 Å². The minimum absolute atomic E-state index is 0. The summed E-state index contributed by atoms with van der Waals surface area (Å²) in [5.74, 6) is 0.519. The number of hydrogen-bond donors (Lipinski definition) is 4. The number of rotatable bonds is 6. The first-order valence-electron chi connectivity index (χ1n) is 8.05. The molecule has 2 heterocycles. The second kappa shape index (κ2) is 8.84. The van der Waals surface area contributed by atoms with Crippen molar-refractivity contribution in [3.8, 4) is 5.75 Å². The van der Waals surface area contributed by atoms with Crippen molar-refractivity contribution < 1.29 is 14.6 Å². The number of benzene rings is 1. The number of carbonyl (C=O) groups excluding carboxylic acids is 1. The zero-order valence-electron chi connectivity index (χ0n) is 14.0. The fourth-order valence-corrected chi connectivity index (χ4v) is 2.93. The maximum Gasteiger partial charge on any atom is 0.272 e. The summed E-state index contributed by atoms with van der Waals surface area (Å²) in [5, 5.41) is 22.7. The van der Waals surface area contributed by atoms with E-state index >= 15 is 0 Å². The quantitative estimate of drug-likeness (QED) is 0.618. The van der Waals surface area contributed by atoms with Crippen molar-refractivity contribution >= 4 is 18.3 Å². The SMILES string of the molecule is COc1ccc(C(CCO)NC(=O)c2n[nH]c3c2CNCC3)cc1.Cl. The molecule has 0 saturated carbocycles. The average Bonchev–Trinajstić information content (AvgIpc) is 3.05. The third-order valence-electron chi connectivity index (χ3n) is 4.26.